The summed E-state index contributed by atoms with van der Waals surface area (Å²) in [5, 5.41) is 0. The molecular weight excluding hydrogens is 252 g/mol. The minimum absolute atomic E-state index is 0.0140. The molecule has 0 aliphatic heterocycles. The van der Waals surface area contributed by atoms with Crippen LogP contribution in [0, 0.1) is 0 Å². The number of Topliss-reactive ketones (excluding diaryl/α,β-unsaturated/α-hetero) is 2. The maximum atomic E-state index is 11.9. The Bertz CT molecular complexity index is 420. The first kappa shape index (κ1) is 16.4. The van der Waals surface area contributed by atoms with Crippen LogP contribution in [0.25, 0.3) is 0 Å². The standard InChI is InChI=1S/C17H24O3/c1-3-4-5-6-7-8-15(18)13-17(19)14-9-11-16(20-2)12-10-14/h9-12H,3-8,13H2,1-2H3. The first-order valence-corrected chi connectivity index (χ1v) is 7.36. The average Bonchev–Trinajstić information content (AvgIpc) is 2.47. The first-order chi connectivity index (χ1) is 9.67. The molecule has 0 atom stereocenters. The van der Waals surface area contributed by atoms with E-state index in [0.29, 0.717) is 17.7 Å². The van der Waals surface area contributed by atoms with Crippen LogP contribution in [0.4, 0.5) is 0 Å². The highest BCUT2D eigenvalue weighted by Crippen LogP contribution is 2.14. The van der Waals surface area contributed by atoms with Gasteiger partial charge < -0.3 is 4.74 Å². The van der Waals surface area contributed by atoms with E-state index in [1.807, 2.05) is 0 Å². The Labute approximate surface area is 121 Å². The fourth-order valence-corrected chi connectivity index (χ4v) is 2.07. The van der Waals surface area contributed by atoms with Crippen molar-refractivity contribution in [3.8, 4) is 5.75 Å². The molecule has 0 heterocycles. The fourth-order valence-electron chi connectivity index (χ4n) is 2.07. The summed E-state index contributed by atoms with van der Waals surface area (Å²) in [6.45, 7) is 2.17. The van der Waals surface area contributed by atoms with Gasteiger partial charge in [0.15, 0.2) is 5.78 Å². The number of ketones is 2. The quantitative estimate of drug-likeness (QED) is 0.365. The maximum absolute atomic E-state index is 11.9. The van der Waals surface area contributed by atoms with Crippen LogP contribution in [0.5, 0.6) is 5.75 Å². The van der Waals surface area contributed by atoms with Gasteiger partial charge in [-0.3, -0.25) is 9.59 Å². The molecule has 0 aliphatic rings. The molecule has 0 N–H and O–H groups in total. The molecule has 0 spiro atoms. The zero-order chi connectivity index (χ0) is 14.8. The van der Waals surface area contributed by atoms with E-state index in [1.165, 1.54) is 19.3 Å². The van der Waals surface area contributed by atoms with Crippen LogP contribution < -0.4 is 4.74 Å². The Morgan fingerprint density at radius 3 is 2.25 bits per heavy atom. The second-order valence-corrected chi connectivity index (χ2v) is 5.03. The summed E-state index contributed by atoms with van der Waals surface area (Å²) < 4.78 is 5.04. The van der Waals surface area contributed by atoms with E-state index in [9.17, 15) is 9.59 Å². The number of rotatable bonds is 10. The molecule has 0 radical (unpaired) electrons. The van der Waals surface area contributed by atoms with Gasteiger partial charge >= 0.3 is 0 Å². The molecule has 0 aromatic heterocycles. The largest absolute Gasteiger partial charge is 0.497 e. The number of ether oxygens (including phenoxy) is 1. The van der Waals surface area contributed by atoms with Crippen LogP contribution in [-0.4, -0.2) is 18.7 Å². The number of hydrogen-bond acceptors (Lipinski definition) is 3. The molecule has 1 aromatic carbocycles. The number of unbranched alkanes of at least 4 members (excludes halogenated alkanes) is 4. The van der Waals surface area contributed by atoms with E-state index in [0.717, 1.165) is 12.8 Å². The second kappa shape index (κ2) is 9.29. The highest BCUT2D eigenvalue weighted by Gasteiger charge is 2.11. The highest BCUT2D eigenvalue weighted by molar-refractivity contribution is 6.07. The molecule has 1 rings (SSSR count). The summed E-state index contributed by atoms with van der Waals surface area (Å²) in [4.78, 5) is 23.7. The topological polar surface area (TPSA) is 43.4 Å². The molecule has 3 heteroatoms. The number of methoxy groups -OCH3 is 1. The SMILES string of the molecule is CCCCCCCC(=O)CC(=O)c1ccc(OC)cc1. The predicted molar refractivity (Wildman–Crippen MR) is 80.3 cm³/mol. The Hall–Kier alpha value is -1.64. The van der Waals surface area contributed by atoms with Crippen LogP contribution >= 0.6 is 0 Å². The van der Waals surface area contributed by atoms with Gasteiger partial charge in [0.05, 0.1) is 13.5 Å². The van der Waals surface area contributed by atoms with E-state index >= 15 is 0 Å². The van der Waals surface area contributed by atoms with Crippen molar-refractivity contribution in [3.63, 3.8) is 0 Å². The number of benzene rings is 1. The first-order valence-electron chi connectivity index (χ1n) is 7.36. The van der Waals surface area contributed by atoms with Crippen molar-refractivity contribution in [1.29, 1.82) is 0 Å². The fraction of sp³-hybridized carbons (Fsp3) is 0.529. The Morgan fingerprint density at radius 2 is 1.65 bits per heavy atom. The summed E-state index contributed by atoms with van der Waals surface area (Å²) in [5.41, 5.74) is 0.574. The summed E-state index contributed by atoms with van der Waals surface area (Å²) in [7, 11) is 1.58. The third-order valence-corrected chi connectivity index (χ3v) is 3.33. The molecule has 0 saturated heterocycles. The normalized spacial score (nSPS) is 10.3. The molecule has 110 valence electrons. The van der Waals surface area contributed by atoms with E-state index in [1.54, 1.807) is 31.4 Å². The maximum Gasteiger partial charge on any atom is 0.170 e. The molecule has 3 nitrogen and oxygen atoms in total. The second-order valence-electron chi connectivity index (χ2n) is 5.03. The van der Waals surface area contributed by atoms with Gasteiger partial charge in [-0.2, -0.15) is 0 Å². The summed E-state index contributed by atoms with van der Waals surface area (Å²) >= 11 is 0. The third kappa shape index (κ3) is 6.00. The lowest BCUT2D eigenvalue weighted by atomic mass is 10.0. The smallest absolute Gasteiger partial charge is 0.170 e. The van der Waals surface area contributed by atoms with Crippen LogP contribution in [-0.2, 0) is 4.79 Å². The van der Waals surface area contributed by atoms with Crippen molar-refractivity contribution in [2.75, 3.05) is 7.11 Å². The van der Waals surface area contributed by atoms with Crippen molar-refractivity contribution >= 4 is 11.6 Å². The highest BCUT2D eigenvalue weighted by atomic mass is 16.5. The minimum atomic E-state index is -0.105. The Kier molecular flexibility index (Phi) is 7.63. The van der Waals surface area contributed by atoms with Crippen molar-refractivity contribution in [2.24, 2.45) is 0 Å². The molecule has 0 amide bonds. The van der Waals surface area contributed by atoms with E-state index in [4.69, 9.17) is 4.74 Å². The number of carbonyl (C=O) groups is 2. The lowest BCUT2D eigenvalue weighted by Gasteiger charge is -2.03. The molecule has 1 aromatic rings. The molecule has 20 heavy (non-hydrogen) atoms. The predicted octanol–water partition coefficient (Wildman–Crippen LogP) is 4.20. The minimum Gasteiger partial charge on any atom is -0.497 e. The molecule has 0 fully saturated rings. The van der Waals surface area contributed by atoms with Gasteiger partial charge in [0.1, 0.15) is 11.5 Å². The van der Waals surface area contributed by atoms with Gasteiger partial charge in [0.25, 0.3) is 0 Å². The van der Waals surface area contributed by atoms with Crippen LogP contribution in [0.2, 0.25) is 0 Å². The van der Waals surface area contributed by atoms with Crippen molar-refractivity contribution < 1.29 is 14.3 Å². The number of carbonyl (C=O) groups excluding carboxylic acids is 2. The van der Waals surface area contributed by atoms with Gasteiger partial charge in [-0.15, -0.1) is 0 Å². The van der Waals surface area contributed by atoms with Gasteiger partial charge in [-0.05, 0) is 30.7 Å². The summed E-state index contributed by atoms with van der Waals surface area (Å²) in [6.07, 6.45) is 6.11. The molecular formula is C17H24O3. The summed E-state index contributed by atoms with van der Waals surface area (Å²) in [5.74, 6) is 0.650. The van der Waals surface area contributed by atoms with Crippen molar-refractivity contribution in [1.82, 2.24) is 0 Å². The summed E-state index contributed by atoms with van der Waals surface area (Å²) in [6, 6.07) is 6.89. The number of hydrogen-bond donors (Lipinski definition) is 0. The third-order valence-electron chi connectivity index (χ3n) is 3.33. The monoisotopic (exact) mass is 276 g/mol. The molecule has 0 bridgehead atoms. The molecule has 0 unspecified atom stereocenters. The zero-order valence-electron chi connectivity index (χ0n) is 12.5. The zero-order valence-corrected chi connectivity index (χ0v) is 12.5. The van der Waals surface area contributed by atoms with Crippen LogP contribution in [0.15, 0.2) is 24.3 Å². The lowest BCUT2D eigenvalue weighted by Crippen LogP contribution is -2.08. The molecule has 0 saturated carbocycles. The Balaban J connectivity index is 2.31. The molecule has 0 aliphatic carbocycles. The van der Waals surface area contributed by atoms with E-state index < -0.39 is 0 Å². The van der Waals surface area contributed by atoms with Crippen LogP contribution in [0.1, 0.15) is 62.2 Å². The van der Waals surface area contributed by atoms with Gasteiger partial charge in [-0.25, -0.2) is 0 Å². The van der Waals surface area contributed by atoms with Gasteiger partial charge in [0, 0.05) is 12.0 Å². The Morgan fingerprint density at radius 1 is 1.00 bits per heavy atom. The van der Waals surface area contributed by atoms with Crippen molar-refractivity contribution in [3.05, 3.63) is 29.8 Å². The average molecular weight is 276 g/mol. The van der Waals surface area contributed by atoms with Crippen LogP contribution in [0.3, 0.4) is 0 Å². The van der Waals surface area contributed by atoms with E-state index in [-0.39, 0.29) is 18.0 Å². The van der Waals surface area contributed by atoms with Gasteiger partial charge in [0.2, 0.25) is 0 Å². The lowest BCUT2D eigenvalue weighted by molar-refractivity contribution is -0.118. The van der Waals surface area contributed by atoms with Crippen molar-refractivity contribution in [2.45, 2.75) is 51.9 Å². The van der Waals surface area contributed by atoms with Gasteiger partial charge in [-0.1, -0.05) is 32.6 Å². The van der Waals surface area contributed by atoms with E-state index in [2.05, 4.69) is 6.92 Å².